The number of nitrogens with one attached hydrogen (secondary N) is 1. The molecule has 0 saturated carbocycles. The second-order valence-corrected chi connectivity index (χ2v) is 7.19. The largest absolute Gasteiger partial charge is 0.436 e. The number of amides is 1. The summed E-state index contributed by atoms with van der Waals surface area (Å²) in [5.41, 5.74) is 3.96. The highest BCUT2D eigenvalue weighted by Crippen LogP contribution is 2.27. The van der Waals surface area contributed by atoms with E-state index in [0.29, 0.717) is 22.7 Å². The van der Waals surface area contributed by atoms with Gasteiger partial charge in [-0.15, -0.1) is 0 Å². The van der Waals surface area contributed by atoms with Crippen molar-refractivity contribution in [1.29, 1.82) is 0 Å². The number of fused-ring (bicyclic) bond motifs is 1. The molecule has 0 unspecified atom stereocenters. The fourth-order valence-electron chi connectivity index (χ4n) is 2.67. The van der Waals surface area contributed by atoms with Gasteiger partial charge >= 0.3 is 0 Å². The number of hydrogen-bond donors (Lipinski definition) is 1. The molecule has 5 heteroatoms. The van der Waals surface area contributed by atoms with Gasteiger partial charge in [-0.2, -0.15) is 0 Å². The lowest BCUT2D eigenvalue weighted by Gasteiger charge is -2.01. The van der Waals surface area contributed by atoms with Gasteiger partial charge in [-0.1, -0.05) is 36.4 Å². The maximum absolute atomic E-state index is 12.1. The Balaban J connectivity index is 1.53. The van der Waals surface area contributed by atoms with E-state index in [1.54, 1.807) is 12.1 Å². The van der Waals surface area contributed by atoms with Crippen LogP contribution in [-0.4, -0.2) is 10.9 Å². The van der Waals surface area contributed by atoms with Crippen molar-refractivity contribution in [3.63, 3.8) is 0 Å². The summed E-state index contributed by atoms with van der Waals surface area (Å²) >= 11 is 2.26. The average Bonchev–Trinajstić information content (AvgIpc) is 3.11. The molecule has 0 saturated heterocycles. The zero-order valence-corrected chi connectivity index (χ0v) is 16.4. The number of nitrogens with zero attached hydrogens (tertiary/aromatic N) is 1. The molecule has 0 bridgehead atoms. The molecule has 3 aromatic carbocycles. The maximum atomic E-state index is 12.1. The van der Waals surface area contributed by atoms with Crippen LogP contribution in [0.25, 0.3) is 28.6 Å². The van der Waals surface area contributed by atoms with E-state index in [1.165, 1.54) is 6.08 Å². The van der Waals surface area contributed by atoms with Crippen LogP contribution in [0.5, 0.6) is 0 Å². The second kappa shape index (κ2) is 7.75. The van der Waals surface area contributed by atoms with Crippen LogP contribution >= 0.6 is 22.6 Å². The van der Waals surface area contributed by atoms with Crippen LogP contribution in [0.15, 0.2) is 83.3 Å². The summed E-state index contributed by atoms with van der Waals surface area (Å²) in [6.45, 7) is 0. The SMILES string of the molecule is O=C(/C=C\c1ccccc1)Nc1ccc2oc(-c3cccc(I)c3)nc2c1. The molecule has 4 rings (SSSR count). The van der Waals surface area contributed by atoms with E-state index in [2.05, 4.69) is 32.9 Å². The quantitative estimate of drug-likeness (QED) is 0.308. The third kappa shape index (κ3) is 4.25. The van der Waals surface area contributed by atoms with E-state index in [9.17, 15) is 4.79 Å². The van der Waals surface area contributed by atoms with Gasteiger partial charge in [0.2, 0.25) is 11.8 Å². The molecule has 4 aromatic rings. The Hall–Kier alpha value is -2.93. The second-order valence-electron chi connectivity index (χ2n) is 5.95. The first-order valence-electron chi connectivity index (χ1n) is 8.38. The number of hydrogen-bond acceptors (Lipinski definition) is 3. The number of benzene rings is 3. The van der Waals surface area contributed by atoms with Gasteiger partial charge in [0.25, 0.3) is 0 Å². The van der Waals surface area contributed by atoms with E-state index in [4.69, 9.17) is 4.42 Å². The van der Waals surface area contributed by atoms with E-state index < -0.39 is 0 Å². The van der Waals surface area contributed by atoms with E-state index in [0.717, 1.165) is 14.7 Å². The molecule has 4 nitrogen and oxygen atoms in total. The molecule has 1 amide bonds. The first-order chi connectivity index (χ1) is 13.2. The highest BCUT2D eigenvalue weighted by atomic mass is 127. The number of carbonyl (C=O) groups is 1. The molecule has 1 aromatic heterocycles. The number of oxazole rings is 1. The van der Waals surface area contributed by atoms with E-state index >= 15 is 0 Å². The predicted molar refractivity (Wildman–Crippen MR) is 116 cm³/mol. The van der Waals surface area contributed by atoms with Gasteiger partial charge in [-0.05, 0) is 70.6 Å². The average molecular weight is 466 g/mol. The lowest BCUT2D eigenvalue weighted by Crippen LogP contribution is -2.07. The van der Waals surface area contributed by atoms with Gasteiger partial charge in [-0.25, -0.2) is 4.98 Å². The number of carbonyl (C=O) groups excluding carboxylic acids is 1. The Kier molecular flexibility index (Phi) is 5.02. The number of aromatic nitrogens is 1. The van der Waals surface area contributed by atoms with Crippen LogP contribution in [0, 0.1) is 3.57 Å². The van der Waals surface area contributed by atoms with Gasteiger partial charge in [0.1, 0.15) is 5.52 Å². The first-order valence-corrected chi connectivity index (χ1v) is 9.46. The highest BCUT2D eigenvalue weighted by Gasteiger charge is 2.09. The third-order valence-corrected chi connectivity index (χ3v) is 4.62. The number of anilines is 1. The summed E-state index contributed by atoms with van der Waals surface area (Å²) in [6, 6.07) is 23.1. The van der Waals surface area contributed by atoms with Gasteiger partial charge in [0, 0.05) is 20.9 Å². The normalized spacial score (nSPS) is 11.1. The summed E-state index contributed by atoms with van der Waals surface area (Å²) in [6.07, 6.45) is 3.29. The Labute approximate surface area is 170 Å². The predicted octanol–water partition coefficient (Wildman–Crippen LogP) is 5.75. The van der Waals surface area contributed by atoms with E-state index in [-0.39, 0.29) is 5.91 Å². The number of halogens is 1. The smallest absolute Gasteiger partial charge is 0.248 e. The molecule has 132 valence electrons. The molecular weight excluding hydrogens is 451 g/mol. The highest BCUT2D eigenvalue weighted by molar-refractivity contribution is 14.1. The molecule has 27 heavy (non-hydrogen) atoms. The Morgan fingerprint density at radius 2 is 1.85 bits per heavy atom. The first kappa shape index (κ1) is 17.5. The Morgan fingerprint density at radius 1 is 1.00 bits per heavy atom. The molecule has 0 radical (unpaired) electrons. The van der Waals surface area contributed by atoms with Crippen LogP contribution in [0.3, 0.4) is 0 Å². The summed E-state index contributed by atoms with van der Waals surface area (Å²) in [5, 5.41) is 2.85. The van der Waals surface area contributed by atoms with Crippen LogP contribution in [0.1, 0.15) is 5.56 Å². The van der Waals surface area contributed by atoms with Crippen molar-refractivity contribution in [3.8, 4) is 11.5 Å². The molecule has 0 atom stereocenters. The summed E-state index contributed by atoms with van der Waals surface area (Å²) in [4.78, 5) is 16.7. The van der Waals surface area contributed by atoms with Crippen LogP contribution in [-0.2, 0) is 4.79 Å². The van der Waals surface area contributed by atoms with Crippen molar-refractivity contribution in [1.82, 2.24) is 4.98 Å². The summed E-state index contributed by atoms with van der Waals surface area (Å²) in [5.74, 6) is 0.371. The number of rotatable bonds is 4. The summed E-state index contributed by atoms with van der Waals surface area (Å²) < 4.78 is 6.95. The molecular formula is C22H15IN2O2. The van der Waals surface area contributed by atoms with Crippen molar-refractivity contribution >= 4 is 51.4 Å². The fraction of sp³-hybridized carbons (Fsp3) is 0. The van der Waals surface area contributed by atoms with Crippen molar-refractivity contribution in [2.45, 2.75) is 0 Å². The van der Waals surface area contributed by atoms with E-state index in [1.807, 2.05) is 66.7 Å². The van der Waals surface area contributed by atoms with Gasteiger partial charge < -0.3 is 9.73 Å². The Bertz CT molecular complexity index is 1130. The van der Waals surface area contributed by atoms with Gasteiger partial charge in [0.15, 0.2) is 5.58 Å². The van der Waals surface area contributed by atoms with Gasteiger partial charge in [0.05, 0.1) is 0 Å². The zero-order chi connectivity index (χ0) is 18.6. The fourth-order valence-corrected chi connectivity index (χ4v) is 3.21. The van der Waals surface area contributed by atoms with Crippen LogP contribution < -0.4 is 5.32 Å². The molecule has 0 aliphatic carbocycles. The summed E-state index contributed by atoms with van der Waals surface area (Å²) in [7, 11) is 0. The topological polar surface area (TPSA) is 55.1 Å². The van der Waals surface area contributed by atoms with Gasteiger partial charge in [-0.3, -0.25) is 4.79 Å². The lowest BCUT2D eigenvalue weighted by molar-refractivity contribution is -0.111. The standard InChI is InChI=1S/C22H15IN2O2/c23-17-8-4-7-16(13-17)22-25-19-14-18(10-11-20(19)27-22)24-21(26)12-9-15-5-2-1-3-6-15/h1-14H,(H,24,26)/b12-9-. The van der Waals surface area contributed by atoms with Crippen molar-refractivity contribution in [3.05, 3.63) is 88.0 Å². The third-order valence-electron chi connectivity index (χ3n) is 3.95. The molecule has 0 spiro atoms. The molecule has 0 aliphatic heterocycles. The maximum Gasteiger partial charge on any atom is 0.248 e. The Morgan fingerprint density at radius 3 is 2.67 bits per heavy atom. The van der Waals surface area contributed by atoms with Crippen molar-refractivity contribution in [2.24, 2.45) is 0 Å². The monoisotopic (exact) mass is 466 g/mol. The van der Waals surface area contributed by atoms with Crippen molar-refractivity contribution in [2.75, 3.05) is 5.32 Å². The van der Waals surface area contributed by atoms with Crippen LogP contribution in [0.2, 0.25) is 0 Å². The minimum atomic E-state index is -0.195. The van der Waals surface area contributed by atoms with Crippen molar-refractivity contribution < 1.29 is 9.21 Å². The molecule has 1 N–H and O–H groups in total. The molecule has 0 aliphatic rings. The molecule has 1 heterocycles. The van der Waals surface area contributed by atoms with Crippen LogP contribution in [0.4, 0.5) is 5.69 Å². The molecule has 0 fully saturated rings. The zero-order valence-electron chi connectivity index (χ0n) is 14.2. The minimum absolute atomic E-state index is 0.195. The lowest BCUT2D eigenvalue weighted by atomic mass is 10.2. The minimum Gasteiger partial charge on any atom is -0.436 e.